The molecule has 0 aliphatic heterocycles. The minimum absolute atomic E-state index is 0.531. The first-order valence-corrected chi connectivity index (χ1v) is 6.76. The number of halogens is 1. The molecule has 1 atom stereocenters. The van der Waals surface area contributed by atoms with Crippen LogP contribution in [0.15, 0.2) is 48.5 Å². The van der Waals surface area contributed by atoms with Crippen molar-refractivity contribution in [3.8, 4) is 5.75 Å². The first-order chi connectivity index (χ1) is 8.86. The Kier molecular flexibility index (Phi) is 3.24. The highest BCUT2D eigenvalue weighted by molar-refractivity contribution is 6.17. The van der Waals surface area contributed by atoms with Gasteiger partial charge >= 0.3 is 0 Å². The van der Waals surface area contributed by atoms with Crippen LogP contribution in [0.4, 0.5) is 0 Å². The van der Waals surface area contributed by atoms with Crippen LogP contribution in [0.25, 0.3) is 0 Å². The smallest absolute Gasteiger partial charge is 0.119 e. The van der Waals surface area contributed by atoms with Crippen molar-refractivity contribution in [2.24, 2.45) is 0 Å². The molecular weight excluding hydrogens is 244 g/mol. The van der Waals surface area contributed by atoms with Crippen LogP contribution < -0.4 is 4.74 Å². The van der Waals surface area contributed by atoms with Gasteiger partial charge in [-0.3, -0.25) is 0 Å². The maximum absolute atomic E-state index is 5.85. The van der Waals surface area contributed by atoms with E-state index in [9.17, 15) is 0 Å². The Morgan fingerprint density at radius 3 is 2.83 bits per heavy atom. The van der Waals surface area contributed by atoms with Gasteiger partial charge in [0.05, 0.1) is 6.61 Å². The molecule has 1 nitrogen and oxygen atoms in total. The molecule has 2 aromatic carbocycles. The van der Waals surface area contributed by atoms with Crippen LogP contribution in [0, 0.1) is 0 Å². The van der Waals surface area contributed by atoms with E-state index in [1.807, 2.05) is 24.3 Å². The highest BCUT2D eigenvalue weighted by Crippen LogP contribution is 2.35. The molecule has 0 bridgehead atoms. The second-order valence-corrected chi connectivity index (χ2v) is 4.96. The van der Waals surface area contributed by atoms with Crippen molar-refractivity contribution < 1.29 is 4.74 Å². The Bertz CT molecular complexity index is 550. The molecule has 0 spiro atoms. The van der Waals surface area contributed by atoms with E-state index in [0.717, 1.165) is 24.3 Å². The zero-order valence-corrected chi connectivity index (χ0v) is 10.9. The topological polar surface area (TPSA) is 9.23 Å². The van der Waals surface area contributed by atoms with Gasteiger partial charge in [-0.25, -0.2) is 0 Å². The lowest BCUT2D eigenvalue weighted by molar-refractivity contribution is 0.275. The molecule has 0 aromatic heterocycles. The van der Waals surface area contributed by atoms with Crippen LogP contribution in [-0.4, -0.2) is 6.61 Å². The van der Waals surface area contributed by atoms with E-state index in [2.05, 4.69) is 24.3 Å². The van der Waals surface area contributed by atoms with Crippen molar-refractivity contribution >= 4 is 11.6 Å². The number of fused-ring (bicyclic) bond motifs is 1. The van der Waals surface area contributed by atoms with Crippen molar-refractivity contribution in [1.82, 2.24) is 0 Å². The number of hydrogen-bond donors (Lipinski definition) is 0. The van der Waals surface area contributed by atoms with E-state index in [0.29, 0.717) is 11.8 Å². The molecule has 0 amide bonds. The third-order valence-electron chi connectivity index (χ3n) is 3.47. The van der Waals surface area contributed by atoms with Crippen LogP contribution in [0.1, 0.15) is 22.6 Å². The Balaban J connectivity index is 1.63. The SMILES string of the molecule is ClCc1cccc(OCC2Cc3ccccc32)c1. The maximum Gasteiger partial charge on any atom is 0.119 e. The van der Waals surface area contributed by atoms with E-state index in [4.69, 9.17) is 16.3 Å². The second kappa shape index (κ2) is 5.03. The number of hydrogen-bond acceptors (Lipinski definition) is 1. The van der Waals surface area contributed by atoms with Gasteiger partial charge in [-0.1, -0.05) is 36.4 Å². The fourth-order valence-electron chi connectivity index (χ4n) is 2.43. The first kappa shape index (κ1) is 11.6. The lowest BCUT2D eigenvalue weighted by atomic mass is 9.78. The summed E-state index contributed by atoms with van der Waals surface area (Å²) in [5.74, 6) is 1.99. The lowest BCUT2D eigenvalue weighted by Crippen LogP contribution is -2.23. The van der Waals surface area contributed by atoms with E-state index in [1.54, 1.807) is 0 Å². The summed E-state index contributed by atoms with van der Waals surface area (Å²) in [6.07, 6.45) is 1.13. The summed E-state index contributed by atoms with van der Waals surface area (Å²) in [7, 11) is 0. The Morgan fingerprint density at radius 2 is 2.00 bits per heavy atom. The molecule has 92 valence electrons. The summed E-state index contributed by atoms with van der Waals surface area (Å²) >= 11 is 5.81. The summed E-state index contributed by atoms with van der Waals surface area (Å²) in [4.78, 5) is 0. The summed E-state index contributed by atoms with van der Waals surface area (Å²) < 4.78 is 5.85. The van der Waals surface area contributed by atoms with Crippen molar-refractivity contribution in [3.63, 3.8) is 0 Å². The van der Waals surface area contributed by atoms with E-state index >= 15 is 0 Å². The fraction of sp³-hybridized carbons (Fsp3) is 0.250. The molecule has 3 rings (SSSR count). The van der Waals surface area contributed by atoms with E-state index in [1.165, 1.54) is 11.1 Å². The molecule has 1 aliphatic rings. The highest BCUT2D eigenvalue weighted by Gasteiger charge is 2.25. The van der Waals surface area contributed by atoms with Crippen molar-refractivity contribution in [3.05, 3.63) is 65.2 Å². The molecule has 18 heavy (non-hydrogen) atoms. The van der Waals surface area contributed by atoms with Crippen molar-refractivity contribution in [2.45, 2.75) is 18.2 Å². The van der Waals surface area contributed by atoms with Crippen molar-refractivity contribution in [1.29, 1.82) is 0 Å². The Labute approximate surface area is 112 Å². The molecule has 0 saturated heterocycles. The monoisotopic (exact) mass is 258 g/mol. The minimum Gasteiger partial charge on any atom is -0.493 e. The van der Waals surface area contributed by atoms with Gasteiger partial charge in [0.1, 0.15) is 5.75 Å². The van der Waals surface area contributed by atoms with Gasteiger partial charge in [0.25, 0.3) is 0 Å². The molecule has 0 heterocycles. The zero-order chi connectivity index (χ0) is 12.4. The predicted molar refractivity (Wildman–Crippen MR) is 74.4 cm³/mol. The van der Waals surface area contributed by atoms with Gasteiger partial charge < -0.3 is 4.74 Å². The van der Waals surface area contributed by atoms with Gasteiger partial charge in [0.2, 0.25) is 0 Å². The molecule has 0 radical (unpaired) electrons. The molecule has 0 saturated carbocycles. The number of rotatable bonds is 4. The largest absolute Gasteiger partial charge is 0.493 e. The second-order valence-electron chi connectivity index (χ2n) is 4.69. The lowest BCUT2D eigenvalue weighted by Gasteiger charge is -2.29. The minimum atomic E-state index is 0.531. The summed E-state index contributed by atoms with van der Waals surface area (Å²) in [5.41, 5.74) is 4.00. The zero-order valence-electron chi connectivity index (χ0n) is 10.1. The number of alkyl halides is 1. The Morgan fingerprint density at radius 1 is 1.11 bits per heavy atom. The summed E-state index contributed by atoms with van der Waals surface area (Å²) in [6.45, 7) is 0.753. The van der Waals surface area contributed by atoms with Gasteiger partial charge in [0, 0.05) is 11.8 Å². The summed E-state index contributed by atoms with van der Waals surface area (Å²) in [6, 6.07) is 16.6. The van der Waals surface area contributed by atoms with Gasteiger partial charge in [-0.2, -0.15) is 0 Å². The molecule has 0 N–H and O–H groups in total. The van der Waals surface area contributed by atoms with Crippen molar-refractivity contribution in [2.75, 3.05) is 6.61 Å². The molecule has 2 aromatic rings. The van der Waals surface area contributed by atoms with Gasteiger partial charge in [0.15, 0.2) is 0 Å². The fourth-order valence-corrected chi connectivity index (χ4v) is 2.59. The number of benzene rings is 2. The van der Waals surface area contributed by atoms with E-state index in [-0.39, 0.29) is 0 Å². The average molecular weight is 259 g/mol. The normalized spacial score (nSPS) is 16.8. The third kappa shape index (κ3) is 2.23. The van der Waals surface area contributed by atoms with Crippen LogP contribution in [0.2, 0.25) is 0 Å². The van der Waals surface area contributed by atoms with Crippen LogP contribution >= 0.6 is 11.6 Å². The molecule has 1 unspecified atom stereocenters. The third-order valence-corrected chi connectivity index (χ3v) is 3.77. The quantitative estimate of drug-likeness (QED) is 0.749. The first-order valence-electron chi connectivity index (χ1n) is 6.22. The van der Waals surface area contributed by atoms with Gasteiger partial charge in [-0.15, -0.1) is 11.6 Å². The number of ether oxygens (including phenoxy) is 1. The van der Waals surface area contributed by atoms with Crippen LogP contribution in [0.5, 0.6) is 5.75 Å². The summed E-state index contributed by atoms with van der Waals surface area (Å²) in [5, 5.41) is 0. The molecule has 0 fully saturated rings. The van der Waals surface area contributed by atoms with Crippen LogP contribution in [-0.2, 0) is 12.3 Å². The maximum atomic E-state index is 5.85. The predicted octanol–water partition coefficient (Wildman–Crippen LogP) is 4.14. The molecule has 2 heteroatoms. The van der Waals surface area contributed by atoms with Gasteiger partial charge in [-0.05, 0) is 35.2 Å². The van der Waals surface area contributed by atoms with E-state index < -0.39 is 0 Å². The molecule has 1 aliphatic carbocycles. The highest BCUT2D eigenvalue weighted by atomic mass is 35.5. The molecular formula is C16H15ClO. The average Bonchev–Trinajstić information content (AvgIpc) is 2.40. The standard InChI is InChI=1S/C16H15ClO/c17-10-12-4-3-6-15(8-12)18-11-14-9-13-5-1-2-7-16(13)14/h1-8,14H,9-11H2. The Hall–Kier alpha value is -1.47. The van der Waals surface area contributed by atoms with Crippen LogP contribution in [0.3, 0.4) is 0 Å².